The van der Waals surface area contributed by atoms with Crippen molar-refractivity contribution in [3.63, 3.8) is 0 Å². The molecule has 3 aliphatic rings. The Morgan fingerprint density at radius 1 is 1.04 bits per heavy atom. The molecule has 3 saturated heterocycles. The van der Waals surface area contributed by atoms with Gasteiger partial charge in [-0.2, -0.15) is 4.98 Å². The van der Waals surface area contributed by atoms with Gasteiger partial charge in [-0.05, 0) is 51.1 Å². The lowest BCUT2D eigenvalue weighted by Crippen LogP contribution is -2.51. The molecule has 0 radical (unpaired) electrons. The monoisotopic (exact) mass is 386 g/mol. The summed E-state index contributed by atoms with van der Waals surface area (Å²) in [6.45, 7) is 6.01. The average molecular weight is 387 g/mol. The first-order valence-electron chi connectivity index (χ1n) is 10.9. The molecule has 0 saturated carbocycles. The minimum Gasteiger partial charge on any atom is -0.363 e. The first kappa shape index (κ1) is 19.4. The quantitative estimate of drug-likeness (QED) is 0.787. The van der Waals surface area contributed by atoms with Crippen LogP contribution in [0.2, 0.25) is 0 Å². The number of likely N-dealkylation sites (tertiary alicyclic amines) is 2. The Labute approximate surface area is 168 Å². The van der Waals surface area contributed by atoms with Crippen LogP contribution in [0.4, 0.5) is 11.8 Å². The van der Waals surface area contributed by atoms with Gasteiger partial charge in [0.1, 0.15) is 5.82 Å². The predicted octanol–water partition coefficient (Wildman–Crippen LogP) is 1.85. The molecule has 1 unspecified atom stereocenters. The number of carbonyl (C=O) groups excluding carboxylic acids is 1. The third-order valence-electron chi connectivity index (χ3n) is 6.57. The number of carbonyl (C=O) groups is 1. The van der Waals surface area contributed by atoms with Gasteiger partial charge in [0.2, 0.25) is 11.9 Å². The molecule has 0 spiro atoms. The summed E-state index contributed by atoms with van der Waals surface area (Å²) in [7, 11) is 4.02. The van der Waals surface area contributed by atoms with E-state index in [0.29, 0.717) is 11.9 Å². The van der Waals surface area contributed by atoms with E-state index in [1.807, 2.05) is 31.3 Å². The molecule has 3 aliphatic heterocycles. The SMILES string of the molecule is CN(C)c1ccnc(N2CCC(N3CCCC(C(=O)N4CCCC4)C3)CC2)n1. The number of hydrogen-bond donors (Lipinski definition) is 0. The highest BCUT2D eigenvalue weighted by Crippen LogP contribution is 2.27. The van der Waals surface area contributed by atoms with Crippen molar-refractivity contribution in [1.82, 2.24) is 19.8 Å². The van der Waals surface area contributed by atoms with Crippen molar-refractivity contribution >= 4 is 17.7 Å². The van der Waals surface area contributed by atoms with Crippen LogP contribution in [0.3, 0.4) is 0 Å². The summed E-state index contributed by atoms with van der Waals surface area (Å²) >= 11 is 0. The smallest absolute Gasteiger partial charge is 0.227 e. The molecule has 1 aromatic heterocycles. The molecule has 7 nitrogen and oxygen atoms in total. The van der Waals surface area contributed by atoms with E-state index in [9.17, 15) is 4.79 Å². The standard InChI is InChI=1S/C21H34N6O/c1-24(2)19-7-10-22-21(23-19)26-14-8-18(9-15-26)27-13-5-6-17(16-27)20(28)25-11-3-4-12-25/h7,10,17-18H,3-6,8-9,11-16H2,1-2H3. The van der Waals surface area contributed by atoms with E-state index in [2.05, 4.69) is 24.7 Å². The Morgan fingerprint density at radius 2 is 1.79 bits per heavy atom. The van der Waals surface area contributed by atoms with Crippen LogP contribution in [-0.4, -0.2) is 85.1 Å². The van der Waals surface area contributed by atoms with Crippen LogP contribution in [0.15, 0.2) is 12.3 Å². The fourth-order valence-corrected chi connectivity index (χ4v) is 4.91. The Hall–Kier alpha value is -1.89. The number of aromatic nitrogens is 2. The summed E-state index contributed by atoms with van der Waals surface area (Å²) in [5.74, 6) is 2.41. The van der Waals surface area contributed by atoms with Crippen molar-refractivity contribution in [2.24, 2.45) is 5.92 Å². The Morgan fingerprint density at radius 3 is 2.50 bits per heavy atom. The Kier molecular flexibility index (Phi) is 5.99. The first-order valence-corrected chi connectivity index (χ1v) is 10.9. The molecule has 1 atom stereocenters. The van der Waals surface area contributed by atoms with Gasteiger partial charge < -0.3 is 14.7 Å². The fraction of sp³-hybridized carbons (Fsp3) is 0.762. The summed E-state index contributed by atoms with van der Waals surface area (Å²) in [6.07, 6.45) is 8.67. The number of rotatable bonds is 4. The molecule has 4 heterocycles. The number of hydrogen-bond acceptors (Lipinski definition) is 6. The van der Waals surface area contributed by atoms with Gasteiger partial charge in [0.25, 0.3) is 0 Å². The van der Waals surface area contributed by atoms with E-state index in [1.54, 1.807) is 0 Å². The zero-order valence-electron chi connectivity index (χ0n) is 17.4. The molecular weight excluding hydrogens is 352 g/mol. The van der Waals surface area contributed by atoms with Crippen molar-refractivity contribution in [2.45, 2.75) is 44.6 Å². The van der Waals surface area contributed by atoms with Crippen molar-refractivity contribution in [2.75, 3.05) is 63.2 Å². The molecular formula is C21H34N6O. The minimum atomic E-state index is 0.213. The maximum Gasteiger partial charge on any atom is 0.227 e. The van der Waals surface area contributed by atoms with Crippen molar-refractivity contribution in [3.05, 3.63) is 12.3 Å². The molecule has 0 N–H and O–H groups in total. The van der Waals surface area contributed by atoms with Gasteiger partial charge in [0.05, 0.1) is 5.92 Å². The van der Waals surface area contributed by atoms with Gasteiger partial charge in [-0.3, -0.25) is 9.69 Å². The second kappa shape index (κ2) is 8.64. The number of piperidine rings is 2. The highest BCUT2D eigenvalue weighted by molar-refractivity contribution is 5.79. The van der Waals surface area contributed by atoms with Gasteiger partial charge >= 0.3 is 0 Å². The lowest BCUT2D eigenvalue weighted by Gasteiger charge is -2.42. The predicted molar refractivity (Wildman–Crippen MR) is 112 cm³/mol. The van der Waals surface area contributed by atoms with Crippen LogP contribution in [-0.2, 0) is 4.79 Å². The van der Waals surface area contributed by atoms with Gasteiger partial charge in [-0.25, -0.2) is 4.98 Å². The van der Waals surface area contributed by atoms with Crippen LogP contribution in [0.1, 0.15) is 38.5 Å². The first-order chi connectivity index (χ1) is 13.6. The zero-order chi connectivity index (χ0) is 19.5. The van der Waals surface area contributed by atoms with E-state index in [0.717, 1.165) is 76.7 Å². The fourth-order valence-electron chi connectivity index (χ4n) is 4.91. The minimum absolute atomic E-state index is 0.213. The van der Waals surface area contributed by atoms with Gasteiger partial charge in [0.15, 0.2) is 0 Å². The lowest BCUT2D eigenvalue weighted by atomic mass is 9.93. The highest BCUT2D eigenvalue weighted by Gasteiger charge is 2.34. The largest absolute Gasteiger partial charge is 0.363 e. The number of anilines is 2. The third-order valence-corrected chi connectivity index (χ3v) is 6.57. The van der Waals surface area contributed by atoms with Gasteiger partial charge in [-0.1, -0.05) is 0 Å². The van der Waals surface area contributed by atoms with Crippen LogP contribution in [0.25, 0.3) is 0 Å². The molecule has 7 heteroatoms. The van der Waals surface area contributed by atoms with E-state index in [-0.39, 0.29) is 5.92 Å². The van der Waals surface area contributed by atoms with Gasteiger partial charge in [-0.15, -0.1) is 0 Å². The van der Waals surface area contributed by atoms with E-state index >= 15 is 0 Å². The molecule has 1 amide bonds. The summed E-state index contributed by atoms with van der Waals surface area (Å²) < 4.78 is 0. The van der Waals surface area contributed by atoms with Crippen molar-refractivity contribution in [3.8, 4) is 0 Å². The summed E-state index contributed by atoms with van der Waals surface area (Å²) in [5.41, 5.74) is 0. The normalized spacial score (nSPS) is 24.6. The summed E-state index contributed by atoms with van der Waals surface area (Å²) in [6, 6.07) is 2.53. The molecule has 4 rings (SSSR count). The summed E-state index contributed by atoms with van der Waals surface area (Å²) in [5, 5.41) is 0. The number of nitrogens with zero attached hydrogens (tertiary/aromatic N) is 6. The van der Waals surface area contributed by atoms with Crippen LogP contribution >= 0.6 is 0 Å². The van der Waals surface area contributed by atoms with E-state index in [1.165, 1.54) is 12.8 Å². The second-order valence-electron chi connectivity index (χ2n) is 8.69. The maximum atomic E-state index is 12.8. The van der Waals surface area contributed by atoms with Crippen LogP contribution in [0, 0.1) is 5.92 Å². The van der Waals surface area contributed by atoms with E-state index < -0.39 is 0 Å². The second-order valence-corrected chi connectivity index (χ2v) is 8.69. The maximum absolute atomic E-state index is 12.8. The molecule has 28 heavy (non-hydrogen) atoms. The number of amides is 1. The van der Waals surface area contributed by atoms with Crippen molar-refractivity contribution in [1.29, 1.82) is 0 Å². The molecule has 154 valence electrons. The Balaban J connectivity index is 1.32. The van der Waals surface area contributed by atoms with E-state index in [4.69, 9.17) is 0 Å². The Bertz CT molecular complexity index is 667. The van der Waals surface area contributed by atoms with Crippen LogP contribution < -0.4 is 9.80 Å². The molecule has 0 aliphatic carbocycles. The van der Waals surface area contributed by atoms with Gasteiger partial charge in [0, 0.05) is 59.1 Å². The average Bonchev–Trinajstić information content (AvgIpc) is 3.28. The molecule has 3 fully saturated rings. The lowest BCUT2D eigenvalue weighted by molar-refractivity contribution is -0.136. The zero-order valence-corrected chi connectivity index (χ0v) is 17.4. The molecule has 1 aromatic rings. The molecule has 0 aromatic carbocycles. The summed E-state index contributed by atoms with van der Waals surface area (Å²) in [4.78, 5) is 31.0. The highest BCUT2D eigenvalue weighted by atomic mass is 16.2. The topological polar surface area (TPSA) is 55.8 Å². The third kappa shape index (κ3) is 4.24. The molecule has 0 bridgehead atoms. The van der Waals surface area contributed by atoms with Crippen molar-refractivity contribution < 1.29 is 4.79 Å². The van der Waals surface area contributed by atoms with Crippen LogP contribution in [0.5, 0.6) is 0 Å².